The Balaban J connectivity index is 1.78. The Morgan fingerprint density at radius 3 is 2.38 bits per heavy atom. The Morgan fingerprint density at radius 1 is 1.12 bits per heavy atom. The minimum Gasteiger partial charge on any atom is -0.478 e. The molecule has 1 amide bonds. The van der Waals surface area contributed by atoms with Crippen molar-refractivity contribution in [1.82, 2.24) is 15.1 Å². The second kappa shape index (κ2) is 7.18. The molecule has 0 saturated heterocycles. The highest BCUT2D eigenvalue weighted by Gasteiger charge is 2.19. The lowest BCUT2D eigenvalue weighted by Crippen LogP contribution is -2.26. The summed E-state index contributed by atoms with van der Waals surface area (Å²) in [6.07, 6.45) is 1.44. The fraction of sp³-hybridized carbons (Fsp3) is 0.105. The van der Waals surface area contributed by atoms with Crippen LogP contribution in [0.25, 0.3) is 11.3 Å². The first kappa shape index (κ1) is 17.3. The number of halogens is 1. The zero-order chi connectivity index (χ0) is 18.7. The van der Waals surface area contributed by atoms with Crippen molar-refractivity contribution in [3.8, 4) is 11.3 Å². The lowest BCUT2D eigenvalue weighted by atomic mass is 10.1. The number of aromatic carboxylic acids is 1. The topological polar surface area (TPSA) is 86.3 Å². The van der Waals surface area contributed by atoms with Crippen LogP contribution < -0.4 is 0 Å². The molecule has 0 radical (unpaired) electrons. The Labute approximate surface area is 148 Å². The molecule has 0 aliphatic carbocycles. The molecule has 0 aliphatic heterocycles. The summed E-state index contributed by atoms with van der Waals surface area (Å²) in [5, 5.41) is 15.6. The van der Waals surface area contributed by atoms with Gasteiger partial charge in [0.15, 0.2) is 0 Å². The van der Waals surface area contributed by atoms with Crippen molar-refractivity contribution in [2.24, 2.45) is 0 Å². The van der Waals surface area contributed by atoms with Gasteiger partial charge in [0.1, 0.15) is 5.82 Å². The van der Waals surface area contributed by atoms with Gasteiger partial charge in [-0.2, -0.15) is 5.10 Å². The van der Waals surface area contributed by atoms with Crippen LogP contribution >= 0.6 is 0 Å². The second-order valence-corrected chi connectivity index (χ2v) is 5.83. The van der Waals surface area contributed by atoms with Crippen molar-refractivity contribution in [2.45, 2.75) is 6.54 Å². The minimum absolute atomic E-state index is 0.191. The molecule has 1 aromatic heterocycles. The van der Waals surface area contributed by atoms with E-state index in [4.69, 9.17) is 5.11 Å². The van der Waals surface area contributed by atoms with Crippen molar-refractivity contribution >= 4 is 11.9 Å². The molecule has 3 aromatic rings. The van der Waals surface area contributed by atoms with E-state index in [2.05, 4.69) is 10.2 Å². The number of nitrogens with zero attached hydrogens (tertiary/aromatic N) is 2. The van der Waals surface area contributed by atoms with E-state index in [1.807, 2.05) is 0 Å². The third-order valence-corrected chi connectivity index (χ3v) is 3.97. The van der Waals surface area contributed by atoms with Crippen LogP contribution in [0.3, 0.4) is 0 Å². The van der Waals surface area contributed by atoms with E-state index in [0.717, 1.165) is 5.56 Å². The van der Waals surface area contributed by atoms with Crippen LogP contribution in [-0.4, -0.2) is 39.1 Å². The van der Waals surface area contributed by atoms with E-state index in [0.29, 0.717) is 23.4 Å². The first-order valence-electron chi connectivity index (χ1n) is 7.82. The number of aromatic amines is 1. The lowest BCUT2D eigenvalue weighted by Gasteiger charge is -2.17. The number of carboxylic acid groups (broad SMARTS) is 1. The number of carboxylic acids is 1. The third-order valence-electron chi connectivity index (χ3n) is 3.97. The summed E-state index contributed by atoms with van der Waals surface area (Å²) >= 11 is 0. The van der Waals surface area contributed by atoms with E-state index in [1.54, 1.807) is 31.3 Å². The number of carbonyl (C=O) groups is 2. The number of rotatable bonds is 5. The van der Waals surface area contributed by atoms with Crippen LogP contribution in [0.4, 0.5) is 4.39 Å². The number of nitrogens with one attached hydrogen (secondary N) is 1. The van der Waals surface area contributed by atoms with E-state index in [1.165, 1.54) is 35.4 Å². The first-order valence-corrected chi connectivity index (χ1v) is 7.82. The standard InChI is InChI=1S/C19H16FN3O3/c1-23(11-12-2-4-14(5-3-12)19(25)26)18(24)16-10-21-22-17(16)13-6-8-15(20)9-7-13/h2-10H,11H2,1H3,(H,21,22)(H,25,26). The van der Waals surface area contributed by atoms with E-state index < -0.39 is 5.97 Å². The molecule has 26 heavy (non-hydrogen) atoms. The highest BCUT2D eigenvalue weighted by Crippen LogP contribution is 2.23. The maximum absolute atomic E-state index is 13.1. The third kappa shape index (κ3) is 3.61. The summed E-state index contributed by atoms with van der Waals surface area (Å²) in [6.45, 7) is 0.312. The highest BCUT2D eigenvalue weighted by molar-refractivity contribution is 5.99. The summed E-state index contributed by atoms with van der Waals surface area (Å²) in [6, 6.07) is 12.1. The molecule has 0 fully saturated rings. The van der Waals surface area contributed by atoms with Crippen molar-refractivity contribution in [2.75, 3.05) is 7.05 Å². The molecule has 2 aromatic carbocycles. The van der Waals surface area contributed by atoms with E-state index in [9.17, 15) is 14.0 Å². The molecule has 2 N–H and O–H groups in total. The molecule has 0 atom stereocenters. The van der Waals surface area contributed by atoms with E-state index >= 15 is 0 Å². The predicted octanol–water partition coefficient (Wildman–Crippen LogP) is 3.19. The number of hydrogen-bond donors (Lipinski definition) is 2. The summed E-state index contributed by atoms with van der Waals surface area (Å²) in [5.74, 6) is -1.60. The lowest BCUT2D eigenvalue weighted by molar-refractivity contribution is 0.0695. The van der Waals surface area contributed by atoms with Gasteiger partial charge in [0.05, 0.1) is 23.0 Å². The normalized spacial score (nSPS) is 10.5. The Bertz CT molecular complexity index is 933. The summed E-state index contributed by atoms with van der Waals surface area (Å²) < 4.78 is 13.1. The number of carbonyl (C=O) groups excluding carboxylic acids is 1. The van der Waals surface area contributed by atoms with Gasteiger partial charge in [0.2, 0.25) is 0 Å². The zero-order valence-corrected chi connectivity index (χ0v) is 13.9. The largest absolute Gasteiger partial charge is 0.478 e. The number of H-pyrrole nitrogens is 1. The van der Waals surface area contributed by atoms with Crippen LogP contribution in [0.5, 0.6) is 0 Å². The van der Waals surface area contributed by atoms with Gasteiger partial charge in [-0.15, -0.1) is 0 Å². The van der Waals surface area contributed by atoms with Gasteiger partial charge in [0.25, 0.3) is 5.91 Å². The number of hydrogen-bond acceptors (Lipinski definition) is 3. The molecule has 0 unspecified atom stereocenters. The van der Waals surface area contributed by atoms with Crippen molar-refractivity contribution in [3.63, 3.8) is 0 Å². The summed E-state index contributed by atoms with van der Waals surface area (Å²) in [7, 11) is 1.65. The van der Waals surface area contributed by atoms with Gasteiger partial charge in [0, 0.05) is 19.2 Å². The van der Waals surface area contributed by atoms with Gasteiger partial charge in [-0.05, 0) is 42.0 Å². The quantitative estimate of drug-likeness (QED) is 0.738. The van der Waals surface area contributed by atoms with Crippen LogP contribution in [0, 0.1) is 5.82 Å². The van der Waals surface area contributed by atoms with E-state index in [-0.39, 0.29) is 17.3 Å². The van der Waals surface area contributed by atoms with Crippen LogP contribution in [0.2, 0.25) is 0 Å². The van der Waals surface area contributed by atoms with Crippen molar-refractivity contribution < 1.29 is 19.1 Å². The molecule has 3 rings (SSSR count). The minimum atomic E-state index is -0.997. The van der Waals surface area contributed by atoms with Gasteiger partial charge in [-0.1, -0.05) is 12.1 Å². The average molecular weight is 353 g/mol. The second-order valence-electron chi connectivity index (χ2n) is 5.83. The number of benzene rings is 2. The smallest absolute Gasteiger partial charge is 0.335 e. The first-order chi connectivity index (χ1) is 12.5. The van der Waals surface area contributed by atoms with Crippen molar-refractivity contribution in [1.29, 1.82) is 0 Å². The van der Waals surface area contributed by atoms with Crippen LogP contribution in [0.15, 0.2) is 54.7 Å². The monoisotopic (exact) mass is 353 g/mol. The maximum atomic E-state index is 13.1. The molecule has 0 bridgehead atoms. The van der Waals surface area contributed by atoms with Gasteiger partial charge >= 0.3 is 5.97 Å². The molecule has 1 heterocycles. The van der Waals surface area contributed by atoms with Gasteiger partial charge in [-0.25, -0.2) is 9.18 Å². The highest BCUT2D eigenvalue weighted by atomic mass is 19.1. The van der Waals surface area contributed by atoms with Gasteiger partial charge < -0.3 is 10.0 Å². The fourth-order valence-corrected chi connectivity index (χ4v) is 2.59. The van der Waals surface area contributed by atoms with Crippen LogP contribution in [-0.2, 0) is 6.54 Å². The molecule has 0 spiro atoms. The summed E-state index contributed by atoms with van der Waals surface area (Å²) in [5.41, 5.74) is 2.55. The van der Waals surface area contributed by atoms with Crippen molar-refractivity contribution in [3.05, 3.63) is 77.2 Å². The maximum Gasteiger partial charge on any atom is 0.335 e. The molecule has 0 saturated carbocycles. The predicted molar refractivity (Wildman–Crippen MR) is 93.2 cm³/mol. The Hall–Kier alpha value is -3.48. The zero-order valence-electron chi connectivity index (χ0n) is 13.9. The molecule has 0 aliphatic rings. The molecule has 6 nitrogen and oxygen atoms in total. The van der Waals surface area contributed by atoms with Gasteiger partial charge in [-0.3, -0.25) is 9.89 Å². The number of aromatic nitrogens is 2. The molecule has 132 valence electrons. The SMILES string of the molecule is CN(Cc1ccc(C(=O)O)cc1)C(=O)c1cn[nH]c1-c1ccc(F)cc1. The molecule has 7 heteroatoms. The Kier molecular flexibility index (Phi) is 4.79. The van der Waals surface area contributed by atoms with Crippen LogP contribution in [0.1, 0.15) is 26.3 Å². The molecular weight excluding hydrogens is 337 g/mol. The fourth-order valence-electron chi connectivity index (χ4n) is 2.59. The summed E-state index contributed by atoms with van der Waals surface area (Å²) in [4.78, 5) is 25.1. The number of amides is 1. The molecular formula is C19H16FN3O3. The average Bonchev–Trinajstić information content (AvgIpc) is 3.11. The Morgan fingerprint density at radius 2 is 1.77 bits per heavy atom.